The molecule has 18 heavy (non-hydrogen) atoms. The zero-order valence-corrected chi connectivity index (χ0v) is 11.2. The van der Waals surface area contributed by atoms with Crippen molar-refractivity contribution in [2.75, 3.05) is 6.54 Å². The number of carbonyl (C=O) groups excluding carboxylic acids is 1. The van der Waals surface area contributed by atoms with Crippen molar-refractivity contribution in [1.82, 2.24) is 15.6 Å². The molecule has 3 N–H and O–H groups in total. The van der Waals surface area contributed by atoms with Gasteiger partial charge in [0.25, 0.3) is 0 Å². The fourth-order valence-electron chi connectivity index (χ4n) is 1.32. The Morgan fingerprint density at radius 3 is 2.83 bits per heavy atom. The molecule has 0 aliphatic rings. The predicted octanol–water partition coefficient (Wildman–Crippen LogP) is 1.68. The van der Waals surface area contributed by atoms with Gasteiger partial charge in [0, 0.05) is 24.0 Å². The molecule has 0 aromatic carbocycles. The lowest BCUT2D eigenvalue weighted by Gasteiger charge is -2.12. The topological polar surface area (TPSA) is 91.3 Å². The number of rotatable bonds is 6. The molecule has 2 amide bonds. The van der Waals surface area contributed by atoms with E-state index in [1.54, 1.807) is 6.20 Å². The minimum Gasteiger partial charge on any atom is -0.481 e. The summed E-state index contributed by atoms with van der Waals surface area (Å²) >= 11 is 1.54. The smallest absolute Gasteiger partial charge is 0.315 e. The molecule has 1 unspecified atom stereocenters. The Morgan fingerprint density at radius 1 is 1.56 bits per heavy atom. The van der Waals surface area contributed by atoms with Crippen LogP contribution in [0.3, 0.4) is 0 Å². The summed E-state index contributed by atoms with van der Waals surface area (Å²) in [4.78, 5) is 27.0. The van der Waals surface area contributed by atoms with E-state index in [2.05, 4.69) is 15.6 Å². The number of amides is 2. The number of urea groups is 1. The largest absolute Gasteiger partial charge is 0.481 e. The average molecular weight is 271 g/mol. The van der Waals surface area contributed by atoms with Gasteiger partial charge in [0.15, 0.2) is 0 Å². The molecule has 0 radical (unpaired) electrons. The zero-order valence-electron chi connectivity index (χ0n) is 10.4. The van der Waals surface area contributed by atoms with Gasteiger partial charge in [0.1, 0.15) is 5.01 Å². The first-order valence-electron chi connectivity index (χ1n) is 5.67. The Kier molecular flexibility index (Phi) is 5.57. The van der Waals surface area contributed by atoms with Gasteiger partial charge in [0.2, 0.25) is 0 Å². The third-order valence-electron chi connectivity index (χ3n) is 2.21. The minimum absolute atomic E-state index is 0.0571. The number of thiazole rings is 1. The van der Waals surface area contributed by atoms with Crippen LogP contribution in [0, 0.1) is 6.92 Å². The molecule has 0 fully saturated rings. The highest BCUT2D eigenvalue weighted by Crippen LogP contribution is 2.18. The van der Waals surface area contributed by atoms with Crippen LogP contribution in [0.2, 0.25) is 0 Å². The second-order valence-electron chi connectivity index (χ2n) is 3.93. The van der Waals surface area contributed by atoms with Crippen molar-refractivity contribution in [3.8, 4) is 0 Å². The van der Waals surface area contributed by atoms with E-state index in [-0.39, 0.29) is 18.5 Å². The molecule has 0 saturated heterocycles. The van der Waals surface area contributed by atoms with Gasteiger partial charge < -0.3 is 15.7 Å². The van der Waals surface area contributed by atoms with E-state index in [0.717, 1.165) is 9.88 Å². The predicted molar refractivity (Wildman–Crippen MR) is 68.7 cm³/mol. The van der Waals surface area contributed by atoms with Crippen LogP contribution in [0.25, 0.3) is 0 Å². The molecule has 1 aromatic heterocycles. The van der Waals surface area contributed by atoms with Crippen LogP contribution < -0.4 is 10.6 Å². The standard InChI is InChI=1S/C11H17N3O3S/c1-7-6-13-10(18-7)8(2)14-11(17)12-5-3-4-9(15)16/h6,8H,3-5H2,1-2H3,(H,15,16)(H2,12,14,17). The van der Waals surface area contributed by atoms with Crippen molar-refractivity contribution in [2.45, 2.75) is 32.7 Å². The third kappa shape index (κ3) is 5.13. The maximum atomic E-state index is 11.5. The molecule has 0 aliphatic carbocycles. The summed E-state index contributed by atoms with van der Waals surface area (Å²) in [6.45, 7) is 4.16. The molecule has 1 aromatic rings. The molecule has 7 heteroatoms. The monoisotopic (exact) mass is 271 g/mol. The second kappa shape index (κ2) is 6.95. The van der Waals surface area contributed by atoms with Gasteiger partial charge >= 0.3 is 12.0 Å². The summed E-state index contributed by atoms with van der Waals surface area (Å²) in [5.41, 5.74) is 0. The SMILES string of the molecule is Cc1cnc(C(C)NC(=O)NCCCC(=O)O)s1. The number of aryl methyl sites for hydroxylation is 1. The van der Waals surface area contributed by atoms with Crippen LogP contribution in [0.1, 0.15) is 35.7 Å². The van der Waals surface area contributed by atoms with Crippen molar-refractivity contribution in [2.24, 2.45) is 0 Å². The number of hydrogen-bond donors (Lipinski definition) is 3. The maximum Gasteiger partial charge on any atom is 0.315 e. The lowest BCUT2D eigenvalue weighted by Crippen LogP contribution is -2.37. The maximum absolute atomic E-state index is 11.5. The molecular formula is C11H17N3O3S. The van der Waals surface area contributed by atoms with Crippen molar-refractivity contribution >= 4 is 23.3 Å². The van der Waals surface area contributed by atoms with Crippen LogP contribution in [-0.2, 0) is 4.79 Å². The first-order valence-corrected chi connectivity index (χ1v) is 6.49. The van der Waals surface area contributed by atoms with Gasteiger partial charge in [-0.15, -0.1) is 11.3 Å². The number of nitrogens with zero attached hydrogens (tertiary/aromatic N) is 1. The quantitative estimate of drug-likeness (QED) is 0.686. The summed E-state index contributed by atoms with van der Waals surface area (Å²) in [5, 5.41) is 14.7. The summed E-state index contributed by atoms with van der Waals surface area (Å²) in [6, 6.07) is -0.455. The van der Waals surface area contributed by atoms with Crippen molar-refractivity contribution < 1.29 is 14.7 Å². The molecule has 100 valence electrons. The highest BCUT2D eigenvalue weighted by atomic mass is 32.1. The summed E-state index contributed by atoms with van der Waals surface area (Å²) < 4.78 is 0. The number of carbonyl (C=O) groups is 2. The highest BCUT2D eigenvalue weighted by Gasteiger charge is 2.12. The van der Waals surface area contributed by atoms with Crippen molar-refractivity contribution in [3.05, 3.63) is 16.1 Å². The first-order chi connectivity index (χ1) is 8.49. The van der Waals surface area contributed by atoms with E-state index in [9.17, 15) is 9.59 Å². The summed E-state index contributed by atoms with van der Waals surface area (Å²) in [6.07, 6.45) is 2.25. The number of aliphatic carboxylic acids is 1. The molecule has 1 atom stereocenters. The van der Waals surface area contributed by atoms with Crippen LogP contribution in [0.4, 0.5) is 4.79 Å². The van der Waals surface area contributed by atoms with Crippen molar-refractivity contribution in [1.29, 1.82) is 0 Å². The number of hydrogen-bond acceptors (Lipinski definition) is 4. The van der Waals surface area contributed by atoms with Crippen LogP contribution in [0.5, 0.6) is 0 Å². The normalized spacial score (nSPS) is 11.9. The van der Waals surface area contributed by atoms with E-state index < -0.39 is 5.97 Å². The molecular weight excluding hydrogens is 254 g/mol. The second-order valence-corrected chi connectivity index (χ2v) is 5.19. The Hall–Kier alpha value is -1.63. The van der Waals surface area contributed by atoms with Crippen LogP contribution >= 0.6 is 11.3 Å². The van der Waals surface area contributed by atoms with Gasteiger partial charge in [-0.1, -0.05) is 0 Å². The van der Waals surface area contributed by atoms with Gasteiger partial charge in [-0.25, -0.2) is 9.78 Å². The molecule has 0 saturated carbocycles. The Bertz CT molecular complexity index is 419. The molecule has 1 heterocycles. The lowest BCUT2D eigenvalue weighted by atomic mass is 10.3. The molecule has 1 rings (SSSR count). The Balaban J connectivity index is 2.25. The van der Waals surface area contributed by atoms with Crippen LogP contribution in [0.15, 0.2) is 6.20 Å². The molecule has 0 bridgehead atoms. The first kappa shape index (κ1) is 14.4. The number of nitrogens with one attached hydrogen (secondary N) is 2. The number of carboxylic acids is 1. The number of carboxylic acid groups (broad SMARTS) is 1. The molecule has 6 nitrogen and oxygen atoms in total. The molecule has 0 aliphatic heterocycles. The Morgan fingerprint density at radius 2 is 2.28 bits per heavy atom. The summed E-state index contributed by atoms with van der Waals surface area (Å²) in [7, 11) is 0. The minimum atomic E-state index is -0.858. The average Bonchev–Trinajstić information content (AvgIpc) is 2.71. The van der Waals surface area contributed by atoms with E-state index in [0.29, 0.717) is 13.0 Å². The lowest BCUT2D eigenvalue weighted by molar-refractivity contribution is -0.137. The third-order valence-corrected chi connectivity index (χ3v) is 3.31. The van der Waals surface area contributed by atoms with Gasteiger partial charge in [-0.2, -0.15) is 0 Å². The van der Waals surface area contributed by atoms with Gasteiger partial charge in [0.05, 0.1) is 6.04 Å². The number of aromatic nitrogens is 1. The van der Waals surface area contributed by atoms with E-state index >= 15 is 0 Å². The highest BCUT2D eigenvalue weighted by molar-refractivity contribution is 7.11. The fraction of sp³-hybridized carbons (Fsp3) is 0.545. The summed E-state index contributed by atoms with van der Waals surface area (Å²) in [5.74, 6) is -0.858. The molecule has 0 spiro atoms. The Labute approximate surface area is 109 Å². The van der Waals surface area contributed by atoms with Gasteiger partial charge in [-0.3, -0.25) is 4.79 Å². The van der Waals surface area contributed by atoms with Gasteiger partial charge in [-0.05, 0) is 20.3 Å². The van der Waals surface area contributed by atoms with Crippen molar-refractivity contribution in [3.63, 3.8) is 0 Å². The fourth-order valence-corrected chi connectivity index (χ4v) is 2.10. The van der Waals surface area contributed by atoms with E-state index in [1.165, 1.54) is 11.3 Å². The zero-order chi connectivity index (χ0) is 13.5. The van der Waals surface area contributed by atoms with E-state index in [4.69, 9.17) is 5.11 Å². The van der Waals surface area contributed by atoms with Crippen LogP contribution in [-0.4, -0.2) is 28.6 Å². The van der Waals surface area contributed by atoms with E-state index in [1.807, 2.05) is 13.8 Å².